The molecule has 1 N–H and O–H groups in total. The monoisotopic (exact) mass is 269 g/mol. The molecule has 0 heterocycles. The van der Waals surface area contributed by atoms with Crippen LogP contribution in [0.25, 0.3) is 0 Å². The molecule has 0 amide bonds. The summed E-state index contributed by atoms with van der Waals surface area (Å²) in [6.45, 7) is 1.67. The van der Waals surface area contributed by atoms with Gasteiger partial charge in [0, 0.05) is 43.7 Å². The Morgan fingerprint density at radius 2 is 2.22 bits per heavy atom. The van der Waals surface area contributed by atoms with Gasteiger partial charge in [-0.3, -0.25) is 10.1 Å². The topological polar surface area (TPSA) is 58.4 Å². The Labute approximate surface area is 112 Å². The number of anilines is 1. The van der Waals surface area contributed by atoms with Gasteiger partial charge in [-0.2, -0.15) is 11.8 Å². The standard InChI is InChI=1S/C12H19N3O2S/c1-13-12-5-4-11(15(16)17)8-10(12)9-14(2)6-7-18-3/h4-5,8,13H,6-7,9H2,1-3H3. The molecule has 0 bridgehead atoms. The van der Waals surface area contributed by atoms with Crippen LogP contribution >= 0.6 is 11.8 Å². The molecule has 0 aromatic heterocycles. The SMILES string of the molecule is CNc1ccc([N+](=O)[O-])cc1CN(C)CCSC. The molecule has 0 fully saturated rings. The van der Waals surface area contributed by atoms with E-state index in [2.05, 4.69) is 16.5 Å². The molecule has 0 saturated carbocycles. The molecule has 0 spiro atoms. The van der Waals surface area contributed by atoms with E-state index in [4.69, 9.17) is 0 Å². The summed E-state index contributed by atoms with van der Waals surface area (Å²) in [6, 6.07) is 4.93. The molecule has 1 aromatic carbocycles. The van der Waals surface area contributed by atoms with E-state index >= 15 is 0 Å². The van der Waals surface area contributed by atoms with Crippen LogP contribution in [0.5, 0.6) is 0 Å². The maximum Gasteiger partial charge on any atom is 0.269 e. The number of non-ortho nitro benzene ring substituents is 1. The van der Waals surface area contributed by atoms with Crippen LogP contribution in [0.15, 0.2) is 18.2 Å². The molecule has 5 nitrogen and oxygen atoms in total. The summed E-state index contributed by atoms with van der Waals surface area (Å²) in [6.07, 6.45) is 2.07. The van der Waals surface area contributed by atoms with Crippen LogP contribution < -0.4 is 5.32 Å². The fourth-order valence-electron chi connectivity index (χ4n) is 1.69. The molecule has 0 aliphatic heterocycles. The molecule has 1 aromatic rings. The fraction of sp³-hybridized carbons (Fsp3) is 0.500. The van der Waals surface area contributed by atoms with E-state index in [-0.39, 0.29) is 10.6 Å². The third-order valence-electron chi connectivity index (χ3n) is 2.69. The minimum Gasteiger partial charge on any atom is -0.388 e. The van der Waals surface area contributed by atoms with E-state index in [1.54, 1.807) is 23.9 Å². The van der Waals surface area contributed by atoms with Gasteiger partial charge in [0.1, 0.15) is 0 Å². The van der Waals surface area contributed by atoms with Crippen molar-refractivity contribution in [1.29, 1.82) is 0 Å². The first-order chi connectivity index (χ1) is 8.58. The highest BCUT2D eigenvalue weighted by molar-refractivity contribution is 7.98. The van der Waals surface area contributed by atoms with Gasteiger partial charge in [-0.25, -0.2) is 0 Å². The van der Waals surface area contributed by atoms with Crippen molar-refractivity contribution in [2.45, 2.75) is 6.54 Å². The molecule has 0 unspecified atom stereocenters. The molecule has 0 saturated heterocycles. The Bertz CT molecular complexity index is 412. The van der Waals surface area contributed by atoms with E-state index in [0.29, 0.717) is 6.54 Å². The normalized spacial score (nSPS) is 10.7. The Hall–Kier alpha value is -1.27. The molecular formula is C12H19N3O2S. The van der Waals surface area contributed by atoms with Crippen LogP contribution in [0.4, 0.5) is 11.4 Å². The summed E-state index contributed by atoms with van der Waals surface area (Å²) in [4.78, 5) is 12.6. The number of nitro groups is 1. The number of nitrogens with one attached hydrogen (secondary N) is 1. The van der Waals surface area contributed by atoms with Crippen molar-refractivity contribution in [2.75, 3.05) is 38.0 Å². The third-order valence-corrected chi connectivity index (χ3v) is 3.28. The van der Waals surface area contributed by atoms with Crippen molar-refractivity contribution in [3.05, 3.63) is 33.9 Å². The Balaban J connectivity index is 2.84. The Kier molecular flexibility index (Phi) is 5.94. The van der Waals surface area contributed by atoms with Gasteiger partial charge in [-0.1, -0.05) is 0 Å². The fourth-order valence-corrected chi connectivity index (χ4v) is 2.18. The molecule has 6 heteroatoms. The van der Waals surface area contributed by atoms with Crippen LogP contribution in [-0.4, -0.2) is 42.5 Å². The van der Waals surface area contributed by atoms with Gasteiger partial charge in [0.15, 0.2) is 0 Å². The number of thioether (sulfide) groups is 1. The molecule has 1 rings (SSSR count). The first-order valence-corrected chi connectivity index (χ1v) is 7.10. The highest BCUT2D eigenvalue weighted by Gasteiger charge is 2.11. The highest BCUT2D eigenvalue weighted by Crippen LogP contribution is 2.22. The summed E-state index contributed by atoms with van der Waals surface area (Å²) < 4.78 is 0. The van der Waals surface area contributed by atoms with E-state index in [1.807, 2.05) is 14.1 Å². The summed E-state index contributed by atoms with van der Waals surface area (Å²) in [5.74, 6) is 1.06. The zero-order valence-electron chi connectivity index (χ0n) is 11.0. The zero-order chi connectivity index (χ0) is 13.5. The molecule has 18 heavy (non-hydrogen) atoms. The van der Waals surface area contributed by atoms with E-state index < -0.39 is 0 Å². The maximum absolute atomic E-state index is 10.8. The molecule has 0 aliphatic rings. The molecule has 100 valence electrons. The van der Waals surface area contributed by atoms with Gasteiger partial charge in [0.25, 0.3) is 5.69 Å². The molecule has 0 aliphatic carbocycles. The maximum atomic E-state index is 10.8. The second kappa shape index (κ2) is 7.23. The van der Waals surface area contributed by atoms with Crippen molar-refractivity contribution >= 4 is 23.1 Å². The second-order valence-electron chi connectivity index (χ2n) is 4.08. The lowest BCUT2D eigenvalue weighted by atomic mass is 10.1. The smallest absolute Gasteiger partial charge is 0.269 e. The van der Waals surface area contributed by atoms with Crippen LogP contribution in [0, 0.1) is 10.1 Å². The predicted octanol–water partition coefficient (Wildman–Crippen LogP) is 2.43. The number of benzene rings is 1. The van der Waals surface area contributed by atoms with Gasteiger partial charge < -0.3 is 10.2 Å². The molecule has 0 atom stereocenters. The summed E-state index contributed by atoms with van der Waals surface area (Å²) in [5, 5.41) is 13.8. The van der Waals surface area contributed by atoms with Gasteiger partial charge in [-0.05, 0) is 24.9 Å². The van der Waals surface area contributed by atoms with E-state index in [1.165, 1.54) is 6.07 Å². The van der Waals surface area contributed by atoms with Crippen LogP contribution in [0.3, 0.4) is 0 Å². The molecule has 0 radical (unpaired) electrons. The quantitative estimate of drug-likeness (QED) is 0.608. The lowest BCUT2D eigenvalue weighted by Crippen LogP contribution is -2.21. The molecular weight excluding hydrogens is 250 g/mol. The summed E-state index contributed by atoms with van der Waals surface area (Å²) in [7, 11) is 3.85. The third kappa shape index (κ3) is 4.19. The first kappa shape index (κ1) is 14.8. The van der Waals surface area contributed by atoms with Crippen molar-refractivity contribution < 1.29 is 4.92 Å². The number of nitro benzene ring substituents is 1. The first-order valence-electron chi connectivity index (χ1n) is 5.71. The lowest BCUT2D eigenvalue weighted by molar-refractivity contribution is -0.384. The second-order valence-corrected chi connectivity index (χ2v) is 5.06. The number of hydrogen-bond acceptors (Lipinski definition) is 5. The summed E-state index contributed by atoms with van der Waals surface area (Å²) in [5.41, 5.74) is 2.04. The average Bonchev–Trinajstić information content (AvgIpc) is 2.36. The largest absolute Gasteiger partial charge is 0.388 e. The minimum absolute atomic E-state index is 0.141. The van der Waals surface area contributed by atoms with Gasteiger partial charge in [0.2, 0.25) is 0 Å². The number of nitrogens with zero attached hydrogens (tertiary/aromatic N) is 2. The zero-order valence-corrected chi connectivity index (χ0v) is 11.8. The minimum atomic E-state index is -0.356. The number of hydrogen-bond donors (Lipinski definition) is 1. The van der Waals surface area contributed by atoms with Crippen LogP contribution in [0.1, 0.15) is 5.56 Å². The average molecular weight is 269 g/mol. The van der Waals surface area contributed by atoms with Crippen molar-refractivity contribution in [3.63, 3.8) is 0 Å². The lowest BCUT2D eigenvalue weighted by Gasteiger charge is -2.18. The highest BCUT2D eigenvalue weighted by atomic mass is 32.2. The van der Waals surface area contributed by atoms with Crippen LogP contribution in [-0.2, 0) is 6.54 Å². The predicted molar refractivity (Wildman–Crippen MR) is 77.4 cm³/mol. The van der Waals surface area contributed by atoms with Gasteiger partial charge >= 0.3 is 0 Å². The van der Waals surface area contributed by atoms with Crippen molar-refractivity contribution in [3.8, 4) is 0 Å². The van der Waals surface area contributed by atoms with Gasteiger partial charge in [-0.15, -0.1) is 0 Å². The van der Waals surface area contributed by atoms with Crippen molar-refractivity contribution in [2.24, 2.45) is 0 Å². The van der Waals surface area contributed by atoms with E-state index in [9.17, 15) is 10.1 Å². The summed E-state index contributed by atoms with van der Waals surface area (Å²) >= 11 is 1.79. The van der Waals surface area contributed by atoms with Crippen LogP contribution in [0.2, 0.25) is 0 Å². The Morgan fingerprint density at radius 3 is 2.78 bits per heavy atom. The van der Waals surface area contributed by atoms with Gasteiger partial charge in [0.05, 0.1) is 4.92 Å². The Morgan fingerprint density at radius 1 is 1.50 bits per heavy atom. The van der Waals surface area contributed by atoms with E-state index in [0.717, 1.165) is 23.5 Å². The number of rotatable bonds is 7. The van der Waals surface area contributed by atoms with Crippen molar-refractivity contribution in [1.82, 2.24) is 4.90 Å².